The third-order valence-electron chi connectivity index (χ3n) is 3.79. The lowest BCUT2D eigenvalue weighted by atomic mass is 10.2. The molecular formula is C15H25N3O2S. The van der Waals surface area contributed by atoms with Crippen molar-refractivity contribution in [1.82, 2.24) is 14.5 Å². The maximum absolute atomic E-state index is 12.8. The summed E-state index contributed by atoms with van der Waals surface area (Å²) in [5, 5.41) is 3.22. The number of nitrogens with one attached hydrogen (secondary N) is 1. The summed E-state index contributed by atoms with van der Waals surface area (Å²) in [4.78, 5) is 2.58. The first-order chi connectivity index (χ1) is 10.0. The van der Waals surface area contributed by atoms with Crippen LogP contribution < -0.4 is 5.32 Å². The van der Waals surface area contributed by atoms with Gasteiger partial charge in [-0.25, -0.2) is 8.42 Å². The standard InChI is InChI=1S/C15H25N3O2S/c1-3-16-13-14-6-4-7-15(12-14)21(19,20)18-9-5-8-17(2)10-11-18/h4,6-7,12,16H,3,5,8-11,13H2,1-2H3. The first-order valence-corrected chi connectivity index (χ1v) is 8.96. The molecule has 1 N–H and O–H groups in total. The molecule has 0 aromatic heterocycles. The van der Waals surface area contributed by atoms with E-state index in [4.69, 9.17) is 0 Å². The van der Waals surface area contributed by atoms with Crippen LogP contribution in [0, 0.1) is 0 Å². The minimum Gasteiger partial charge on any atom is -0.313 e. The quantitative estimate of drug-likeness (QED) is 0.885. The summed E-state index contributed by atoms with van der Waals surface area (Å²) in [6.07, 6.45) is 0.882. The highest BCUT2D eigenvalue weighted by atomic mass is 32.2. The Labute approximate surface area is 128 Å². The Morgan fingerprint density at radius 3 is 2.76 bits per heavy atom. The first kappa shape index (κ1) is 16.4. The second-order valence-electron chi connectivity index (χ2n) is 5.49. The monoisotopic (exact) mass is 311 g/mol. The van der Waals surface area contributed by atoms with Crippen molar-refractivity contribution >= 4 is 10.0 Å². The molecule has 0 atom stereocenters. The van der Waals surface area contributed by atoms with E-state index in [0.717, 1.165) is 31.6 Å². The van der Waals surface area contributed by atoms with E-state index in [1.165, 1.54) is 0 Å². The molecule has 6 heteroatoms. The van der Waals surface area contributed by atoms with E-state index in [9.17, 15) is 8.42 Å². The van der Waals surface area contributed by atoms with Crippen LogP contribution in [0.2, 0.25) is 0 Å². The average molecular weight is 311 g/mol. The van der Waals surface area contributed by atoms with Gasteiger partial charge in [0, 0.05) is 26.2 Å². The van der Waals surface area contributed by atoms with Gasteiger partial charge in [-0.1, -0.05) is 19.1 Å². The van der Waals surface area contributed by atoms with Gasteiger partial charge in [0.25, 0.3) is 0 Å². The van der Waals surface area contributed by atoms with Crippen LogP contribution in [0.1, 0.15) is 18.9 Å². The molecule has 1 saturated heterocycles. The van der Waals surface area contributed by atoms with E-state index in [1.54, 1.807) is 16.4 Å². The molecule has 1 aliphatic rings. The number of rotatable bonds is 5. The van der Waals surface area contributed by atoms with E-state index in [0.29, 0.717) is 24.5 Å². The Hall–Kier alpha value is -0.950. The molecule has 0 aliphatic carbocycles. The van der Waals surface area contributed by atoms with Gasteiger partial charge in [0.05, 0.1) is 4.90 Å². The van der Waals surface area contributed by atoms with E-state index >= 15 is 0 Å². The fraction of sp³-hybridized carbons (Fsp3) is 0.600. The highest BCUT2D eigenvalue weighted by Crippen LogP contribution is 2.18. The van der Waals surface area contributed by atoms with Crippen LogP contribution >= 0.6 is 0 Å². The van der Waals surface area contributed by atoms with Gasteiger partial charge >= 0.3 is 0 Å². The molecule has 21 heavy (non-hydrogen) atoms. The molecule has 118 valence electrons. The average Bonchev–Trinajstić information content (AvgIpc) is 2.70. The van der Waals surface area contributed by atoms with Crippen molar-refractivity contribution in [3.05, 3.63) is 29.8 Å². The normalized spacial score (nSPS) is 18.6. The molecule has 5 nitrogen and oxygen atoms in total. The SMILES string of the molecule is CCNCc1cccc(S(=O)(=O)N2CCCN(C)CC2)c1. The maximum atomic E-state index is 12.8. The largest absolute Gasteiger partial charge is 0.313 e. The number of nitrogens with zero attached hydrogens (tertiary/aromatic N) is 2. The summed E-state index contributed by atoms with van der Waals surface area (Å²) >= 11 is 0. The summed E-state index contributed by atoms with van der Waals surface area (Å²) < 4.78 is 27.1. The fourth-order valence-corrected chi connectivity index (χ4v) is 4.04. The molecule has 0 radical (unpaired) electrons. The van der Waals surface area contributed by atoms with Crippen molar-refractivity contribution in [3.8, 4) is 0 Å². The zero-order valence-electron chi connectivity index (χ0n) is 12.9. The van der Waals surface area contributed by atoms with Gasteiger partial charge in [0.2, 0.25) is 10.0 Å². The minimum absolute atomic E-state index is 0.405. The topological polar surface area (TPSA) is 52.7 Å². The fourth-order valence-electron chi connectivity index (χ4n) is 2.50. The van der Waals surface area contributed by atoms with Crippen LogP contribution in [0.3, 0.4) is 0 Å². The molecule has 1 fully saturated rings. The maximum Gasteiger partial charge on any atom is 0.243 e. The summed E-state index contributed by atoms with van der Waals surface area (Å²) in [6, 6.07) is 7.26. The van der Waals surface area contributed by atoms with Crippen molar-refractivity contribution in [3.63, 3.8) is 0 Å². The summed E-state index contributed by atoms with van der Waals surface area (Å²) in [5.74, 6) is 0. The van der Waals surface area contributed by atoms with Crippen LogP contribution in [0.4, 0.5) is 0 Å². The van der Waals surface area contributed by atoms with Gasteiger partial charge in [-0.05, 0) is 44.3 Å². The van der Waals surface area contributed by atoms with Crippen molar-refractivity contribution in [1.29, 1.82) is 0 Å². The Morgan fingerprint density at radius 2 is 2.00 bits per heavy atom. The van der Waals surface area contributed by atoms with Crippen LogP contribution in [0.25, 0.3) is 0 Å². The number of hydrogen-bond donors (Lipinski definition) is 1. The molecule has 2 rings (SSSR count). The second kappa shape index (κ2) is 7.35. The number of benzene rings is 1. The van der Waals surface area contributed by atoms with Crippen LogP contribution in [-0.2, 0) is 16.6 Å². The molecule has 1 heterocycles. The zero-order valence-corrected chi connectivity index (χ0v) is 13.7. The molecule has 1 aromatic rings. The molecule has 0 spiro atoms. The number of hydrogen-bond acceptors (Lipinski definition) is 4. The van der Waals surface area contributed by atoms with Crippen LogP contribution in [0.15, 0.2) is 29.2 Å². The van der Waals surface area contributed by atoms with Crippen molar-refractivity contribution < 1.29 is 8.42 Å². The summed E-state index contributed by atoms with van der Waals surface area (Å²) in [6.45, 7) is 6.51. The molecule has 1 aromatic carbocycles. The summed E-state index contributed by atoms with van der Waals surface area (Å²) in [5.41, 5.74) is 1.00. The van der Waals surface area contributed by atoms with E-state index in [2.05, 4.69) is 10.2 Å². The predicted octanol–water partition coefficient (Wildman–Crippen LogP) is 1.12. The van der Waals surface area contributed by atoms with Crippen molar-refractivity contribution in [2.45, 2.75) is 24.8 Å². The van der Waals surface area contributed by atoms with Gasteiger partial charge in [-0.3, -0.25) is 0 Å². The van der Waals surface area contributed by atoms with Crippen molar-refractivity contribution in [2.75, 3.05) is 39.8 Å². The number of sulfonamides is 1. The van der Waals surface area contributed by atoms with Gasteiger partial charge < -0.3 is 10.2 Å². The Balaban J connectivity index is 2.18. The van der Waals surface area contributed by atoms with Gasteiger partial charge in [-0.2, -0.15) is 4.31 Å². The third-order valence-corrected chi connectivity index (χ3v) is 5.69. The summed E-state index contributed by atoms with van der Waals surface area (Å²) in [7, 11) is -1.34. The van der Waals surface area contributed by atoms with Crippen LogP contribution in [-0.4, -0.2) is 57.4 Å². The van der Waals surface area contributed by atoms with Gasteiger partial charge in [-0.15, -0.1) is 0 Å². The third kappa shape index (κ3) is 4.26. The van der Waals surface area contributed by atoms with Gasteiger partial charge in [0.15, 0.2) is 0 Å². The first-order valence-electron chi connectivity index (χ1n) is 7.52. The highest BCUT2D eigenvalue weighted by Gasteiger charge is 2.26. The van der Waals surface area contributed by atoms with Crippen LogP contribution in [0.5, 0.6) is 0 Å². The molecule has 0 amide bonds. The van der Waals surface area contributed by atoms with E-state index in [1.807, 2.05) is 26.1 Å². The Morgan fingerprint density at radius 1 is 1.19 bits per heavy atom. The number of likely N-dealkylation sites (N-methyl/N-ethyl adjacent to an activating group) is 1. The lowest BCUT2D eigenvalue weighted by molar-refractivity contribution is 0.347. The predicted molar refractivity (Wildman–Crippen MR) is 84.7 cm³/mol. The molecule has 0 unspecified atom stereocenters. The minimum atomic E-state index is -3.38. The molecular weight excluding hydrogens is 286 g/mol. The lowest BCUT2D eigenvalue weighted by Crippen LogP contribution is -2.34. The molecule has 0 saturated carbocycles. The Kier molecular flexibility index (Phi) is 5.75. The Bertz CT molecular complexity index is 560. The molecule has 1 aliphatic heterocycles. The van der Waals surface area contributed by atoms with E-state index < -0.39 is 10.0 Å². The highest BCUT2D eigenvalue weighted by molar-refractivity contribution is 7.89. The van der Waals surface area contributed by atoms with Gasteiger partial charge in [0.1, 0.15) is 0 Å². The van der Waals surface area contributed by atoms with Crippen molar-refractivity contribution in [2.24, 2.45) is 0 Å². The lowest BCUT2D eigenvalue weighted by Gasteiger charge is -2.20. The van der Waals surface area contributed by atoms with E-state index in [-0.39, 0.29) is 0 Å². The molecule has 0 bridgehead atoms. The zero-order chi connectivity index (χ0) is 15.3. The smallest absolute Gasteiger partial charge is 0.243 e. The second-order valence-corrected chi connectivity index (χ2v) is 7.43.